The molecule has 1 unspecified atom stereocenters. The van der Waals surface area contributed by atoms with Gasteiger partial charge in [-0.05, 0) is 38.0 Å². The van der Waals surface area contributed by atoms with Gasteiger partial charge in [0.15, 0.2) is 17.7 Å². The molecule has 1 saturated carbocycles. The minimum absolute atomic E-state index is 0.0293. The van der Waals surface area contributed by atoms with Crippen LogP contribution >= 0.6 is 0 Å². The lowest BCUT2D eigenvalue weighted by atomic mass is 9.96. The molecule has 2 N–H and O–H groups in total. The second-order valence-electron chi connectivity index (χ2n) is 5.97. The Morgan fingerprint density at radius 3 is 2.44 bits per heavy atom. The Hall–Kier alpha value is -2.51. The predicted octanol–water partition coefficient (Wildman–Crippen LogP) is 2.67. The van der Waals surface area contributed by atoms with E-state index < -0.39 is 35.6 Å². The number of carbonyl (C=O) groups excluding carboxylic acids is 3. The Balaban J connectivity index is 1.83. The van der Waals surface area contributed by atoms with Gasteiger partial charge >= 0.3 is 12.0 Å². The Labute approximate surface area is 143 Å². The van der Waals surface area contributed by atoms with Crippen molar-refractivity contribution in [3.63, 3.8) is 0 Å². The van der Waals surface area contributed by atoms with Crippen molar-refractivity contribution in [1.29, 1.82) is 0 Å². The molecule has 0 heterocycles. The number of ether oxygens (including phenoxy) is 1. The zero-order chi connectivity index (χ0) is 18.4. The Morgan fingerprint density at radius 1 is 1.12 bits per heavy atom. The van der Waals surface area contributed by atoms with Gasteiger partial charge in [-0.1, -0.05) is 19.3 Å². The van der Waals surface area contributed by atoms with E-state index in [9.17, 15) is 23.2 Å². The number of urea groups is 1. The highest BCUT2D eigenvalue weighted by molar-refractivity contribution is 5.98. The molecular weight excluding hydrogens is 334 g/mol. The van der Waals surface area contributed by atoms with Gasteiger partial charge in [-0.15, -0.1) is 0 Å². The summed E-state index contributed by atoms with van der Waals surface area (Å²) in [5, 5.41) is 4.80. The summed E-state index contributed by atoms with van der Waals surface area (Å²) in [5.41, 5.74) is -0.231. The van der Waals surface area contributed by atoms with Crippen molar-refractivity contribution in [2.24, 2.45) is 0 Å². The smallest absolute Gasteiger partial charge is 0.339 e. The maximum atomic E-state index is 13.1. The molecule has 1 aliphatic carbocycles. The summed E-state index contributed by atoms with van der Waals surface area (Å²) in [5.74, 6) is -4.08. The molecule has 0 aliphatic heterocycles. The standard InChI is InChI=1S/C17H20F2N2O4/c1-10(25-16(23)11-7-8-13(18)14(19)9-11)15(22)21-17(24)20-12-5-3-2-4-6-12/h7-10,12H,2-6H2,1H3,(H2,20,21,22,24). The number of amides is 3. The molecule has 6 nitrogen and oxygen atoms in total. The first-order valence-electron chi connectivity index (χ1n) is 8.14. The van der Waals surface area contributed by atoms with Crippen LogP contribution in [0.1, 0.15) is 49.4 Å². The second kappa shape index (κ2) is 8.55. The normalized spacial score (nSPS) is 16.0. The summed E-state index contributed by atoms with van der Waals surface area (Å²) >= 11 is 0. The van der Waals surface area contributed by atoms with Crippen molar-refractivity contribution >= 4 is 17.9 Å². The second-order valence-corrected chi connectivity index (χ2v) is 5.97. The SMILES string of the molecule is CC(OC(=O)c1ccc(F)c(F)c1)C(=O)NC(=O)NC1CCCCC1. The average Bonchev–Trinajstić information content (AvgIpc) is 2.57. The highest BCUT2D eigenvalue weighted by atomic mass is 19.2. The van der Waals surface area contributed by atoms with Crippen LogP contribution in [-0.2, 0) is 9.53 Å². The van der Waals surface area contributed by atoms with Gasteiger partial charge in [-0.25, -0.2) is 18.4 Å². The van der Waals surface area contributed by atoms with Crippen LogP contribution in [0.5, 0.6) is 0 Å². The predicted molar refractivity (Wildman–Crippen MR) is 84.8 cm³/mol. The highest BCUT2D eigenvalue weighted by Crippen LogP contribution is 2.17. The van der Waals surface area contributed by atoms with Crippen molar-refractivity contribution in [3.05, 3.63) is 35.4 Å². The van der Waals surface area contributed by atoms with E-state index in [1.54, 1.807) is 0 Å². The fourth-order valence-electron chi connectivity index (χ4n) is 2.59. The van der Waals surface area contributed by atoms with E-state index in [4.69, 9.17) is 4.74 Å². The fraction of sp³-hybridized carbons (Fsp3) is 0.471. The van der Waals surface area contributed by atoms with Crippen LogP contribution in [0.2, 0.25) is 0 Å². The lowest BCUT2D eigenvalue weighted by Gasteiger charge is -2.23. The van der Waals surface area contributed by atoms with Gasteiger partial charge in [0.25, 0.3) is 5.91 Å². The number of carbonyl (C=O) groups is 3. The summed E-state index contributed by atoms with van der Waals surface area (Å²) in [6, 6.07) is 1.89. The number of esters is 1. The van der Waals surface area contributed by atoms with Crippen molar-refractivity contribution in [2.45, 2.75) is 51.2 Å². The fourth-order valence-corrected chi connectivity index (χ4v) is 2.59. The number of benzene rings is 1. The summed E-state index contributed by atoms with van der Waals surface area (Å²) in [7, 11) is 0. The zero-order valence-electron chi connectivity index (χ0n) is 13.8. The molecule has 136 valence electrons. The average molecular weight is 354 g/mol. The largest absolute Gasteiger partial charge is 0.449 e. The van der Waals surface area contributed by atoms with Crippen LogP contribution in [0.3, 0.4) is 0 Å². The first-order chi connectivity index (χ1) is 11.9. The van der Waals surface area contributed by atoms with E-state index >= 15 is 0 Å². The van der Waals surface area contributed by atoms with Crippen LogP contribution in [0, 0.1) is 11.6 Å². The van der Waals surface area contributed by atoms with Gasteiger partial charge < -0.3 is 10.1 Å². The van der Waals surface area contributed by atoms with Crippen LogP contribution in [0.15, 0.2) is 18.2 Å². The molecule has 0 radical (unpaired) electrons. The Bertz CT molecular complexity index is 660. The first-order valence-corrected chi connectivity index (χ1v) is 8.14. The summed E-state index contributed by atoms with van der Waals surface area (Å²) in [4.78, 5) is 35.5. The third kappa shape index (κ3) is 5.51. The molecule has 0 saturated heterocycles. The lowest BCUT2D eigenvalue weighted by Crippen LogP contribution is -2.48. The summed E-state index contributed by atoms with van der Waals surface area (Å²) < 4.78 is 30.8. The van der Waals surface area contributed by atoms with Crippen LogP contribution < -0.4 is 10.6 Å². The van der Waals surface area contributed by atoms with Crippen molar-refractivity contribution < 1.29 is 27.9 Å². The maximum absolute atomic E-state index is 13.1. The van der Waals surface area contributed by atoms with E-state index in [1.807, 2.05) is 0 Å². The molecule has 1 aromatic rings. The number of halogens is 2. The maximum Gasteiger partial charge on any atom is 0.339 e. The monoisotopic (exact) mass is 354 g/mol. The zero-order valence-corrected chi connectivity index (χ0v) is 13.8. The van der Waals surface area contributed by atoms with E-state index in [2.05, 4.69) is 10.6 Å². The van der Waals surface area contributed by atoms with E-state index in [0.717, 1.165) is 44.2 Å². The molecule has 0 aromatic heterocycles. The number of imide groups is 1. The summed E-state index contributed by atoms with van der Waals surface area (Å²) in [6.45, 7) is 1.28. The number of rotatable bonds is 4. The first kappa shape index (κ1) is 18.8. The van der Waals surface area contributed by atoms with Gasteiger partial charge in [0, 0.05) is 6.04 Å². The van der Waals surface area contributed by atoms with E-state index in [0.29, 0.717) is 6.07 Å². The highest BCUT2D eigenvalue weighted by Gasteiger charge is 2.23. The van der Waals surface area contributed by atoms with E-state index in [1.165, 1.54) is 6.92 Å². The van der Waals surface area contributed by atoms with E-state index in [-0.39, 0.29) is 11.6 Å². The van der Waals surface area contributed by atoms with Gasteiger partial charge in [-0.2, -0.15) is 0 Å². The van der Waals surface area contributed by atoms with Gasteiger partial charge in [0.2, 0.25) is 0 Å². The topological polar surface area (TPSA) is 84.5 Å². The summed E-state index contributed by atoms with van der Waals surface area (Å²) in [6.07, 6.45) is 3.65. The molecule has 2 rings (SSSR count). The third-order valence-electron chi connectivity index (χ3n) is 3.99. The molecule has 25 heavy (non-hydrogen) atoms. The van der Waals surface area contributed by atoms with Crippen LogP contribution in [0.25, 0.3) is 0 Å². The Morgan fingerprint density at radius 2 is 1.80 bits per heavy atom. The molecule has 0 spiro atoms. The number of nitrogens with one attached hydrogen (secondary N) is 2. The van der Waals surface area contributed by atoms with Crippen molar-refractivity contribution in [2.75, 3.05) is 0 Å². The molecule has 1 aromatic carbocycles. The van der Waals surface area contributed by atoms with Crippen LogP contribution in [-0.4, -0.2) is 30.1 Å². The van der Waals surface area contributed by atoms with Crippen molar-refractivity contribution in [1.82, 2.24) is 10.6 Å². The van der Waals surface area contributed by atoms with Crippen molar-refractivity contribution in [3.8, 4) is 0 Å². The molecule has 3 amide bonds. The quantitative estimate of drug-likeness (QED) is 0.814. The lowest BCUT2D eigenvalue weighted by molar-refractivity contribution is -0.127. The number of hydrogen-bond acceptors (Lipinski definition) is 4. The molecule has 1 atom stereocenters. The molecule has 0 bridgehead atoms. The minimum atomic E-state index is -1.27. The Kier molecular flexibility index (Phi) is 6.44. The van der Waals surface area contributed by atoms with Crippen LogP contribution in [0.4, 0.5) is 13.6 Å². The minimum Gasteiger partial charge on any atom is -0.449 e. The molecule has 8 heteroatoms. The third-order valence-corrected chi connectivity index (χ3v) is 3.99. The molecular formula is C17H20F2N2O4. The van der Waals surface area contributed by atoms with Gasteiger partial charge in [0.05, 0.1) is 5.56 Å². The van der Waals surface area contributed by atoms with Gasteiger partial charge in [0.1, 0.15) is 0 Å². The molecule has 1 aliphatic rings. The molecule has 1 fully saturated rings. The number of hydrogen-bond donors (Lipinski definition) is 2. The van der Waals surface area contributed by atoms with Gasteiger partial charge in [-0.3, -0.25) is 10.1 Å².